The minimum absolute atomic E-state index is 0.0664. The van der Waals surface area contributed by atoms with Gasteiger partial charge in [-0.15, -0.1) is 0 Å². The monoisotopic (exact) mass is 238 g/mol. The van der Waals surface area contributed by atoms with Crippen LogP contribution in [0.15, 0.2) is 12.1 Å². The number of anilines is 2. The molecule has 0 bridgehead atoms. The number of rotatable bonds is 2. The van der Waals surface area contributed by atoms with Crippen LogP contribution in [0.3, 0.4) is 0 Å². The molecular weight excluding hydrogens is 219 g/mol. The molecule has 1 saturated heterocycles. The van der Waals surface area contributed by atoms with E-state index in [1.165, 1.54) is 13.2 Å². The van der Waals surface area contributed by atoms with Gasteiger partial charge in [0.25, 0.3) is 0 Å². The van der Waals surface area contributed by atoms with E-state index in [4.69, 9.17) is 10.5 Å². The molecule has 0 aromatic heterocycles. The maximum absolute atomic E-state index is 13.5. The summed E-state index contributed by atoms with van der Waals surface area (Å²) in [4.78, 5) is 2.23. The average molecular weight is 238 g/mol. The molecule has 2 rings (SSSR count). The molecule has 0 unspecified atom stereocenters. The van der Waals surface area contributed by atoms with Crippen molar-refractivity contribution >= 4 is 11.4 Å². The van der Waals surface area contributed by atoms with E-state index in [1.807, 2.05) is 0 Å². The molecule has 0 aliphatic carbocycles. The van der Waals surface area contributed by atoms with Crippen molar-refractivity contribution in [2.75, 3.05) is 24.3 Å². The van der Waals surface area contributed by atoms with Crippen LogP contribution in [0.25, 0.3) is 0 Å². The van der Waals surface area contributed by atoms with E-state index in [0.717, 1.165) is 25.1 Å². The highest BCUT2D eigenvalue weighted by atomic mass is 19.1. The van der Waals surface area contributed by atoms with Crippen LogP contribution in [0.5, 0.6) is 5.75 Å². The summed E-state index contributed by atoms with van der Waals surface area (Å²) in [6, 6.07) is 3.03. The first-order valence-corrected chi connectivity index (χ1v) is 5.86. The normalized spacial score (nSPS) is 18.5. The molecule has 1 aromatic carbocycles. The third-order valence-electron chi connectivity index (χ3n) is 3.49. The molecule has 1 aliphatic rings. The fourth-order valence-electron chi connectivity index (χ4n) is 2.50. The molecule has 0 saturated carbocycles. The Balaban J connectivity index is 2.45. The summed E-state index contributed by atoms with van der Waals surface area (Å²) < 4.78 is 18.5. The van der Waals surface area contributed by atoms with Crippen LogP contribution < -0.4 is 15.4 Å². The van der Waals surface area contributed by atoms with E-state index in [-0.39, 0.29) is 11.3 Å². The lowest BCUT2D eigenvalue weighted by Crippen LogP contribution is -2.38. The third-order valence-corrected chi connectivity index (χ3v) is 3.49. The Bertz CT molecular complexity index is 432. The molecule has 1 fully saturated rings. The van der Waals surface area contributed by atoms with E-state index in [2.05, 4.69) is 18.7 Å². The zero-order chi connectivity index (χ0) is 12.6. The van der Waals surface area contributed by atoms with Gasteiger partial charge in [-0.3, -0.25) is 0 Å². The largest absolute Gasteiger partial charge is 0.494 e. The maximum atomic E-state index is 13.5. The fraction of sp³-hybridized carbons (Fsp3) is 0.538. The van der Waals surface area contributed by atoms with Crippen LogP contribution in [-0.2, 0) is 0 Å². The minimum Gasteiger partial charge on any atom is -0.494 e. The van der Waals surface area contributed by atoms with Gasteiger partial charge in [-0.25, -0.2) is 4.39 Å². The van der Waals surface area contributed by atoms with Crippen molar-refractivity contribution in [2.45, 2.75) is 32.2 Å². The van der Waals surface area contributed by atoms with Gasteiger partial charge >= 0.3 is 0 Å². The van der Waals surface area contributed by atoms with Crippen LogP contribution >= 0.6 is 0 Å². The number of hydrogen-bond donors (Lipinski definition) is 1. The standard InChI is InChI=1S/C13H19FN2O/c1-13(2)5-4-6-16(13)11-8-12(17-3)9(14)7-10(11)15/h7-8H,4-6,15H2,1-3H3. The highest BCUT2D eigenvalue weighted by Crippen LogP contribution is 2.39. The molecule has 17 heavy (non-hydrogen) atoms. The summed E-state index contributed by atoms with van der Waals surface area (Å²) in [5.41, 5.74) is 7.31. The molecule has 1 heterocycles. The van der Waals surface area contributed by atoms with E-state index in [0.29, 0.717) is 5.69 Å². The maximum Gasteiger partial charge on any atom is 0.167 e. The summed E-state index contributed by atoms with van der Waals surface area (Å²) in [6.07, 6.45) is 2.25. The lowest BCUT2D eigenvalue weighted by Gasteiger charge is -2.34. The summed E-state index contributed by atoms with van der Waals surface area (Å²) in [7, 11) is 1.47. The minimum atomic E-state index is -0.411. The van der Waals surface area contributed by atoms with Gasteiger partial charge < -0.3 is 15.4 Å². The molecule has 0 atom stereocenters. The summed E-state index contributed by atoms with van der Waals surface area (Å²) in [5, 5.41) is 0. The SMILES string of the molecule is COc1cc(N2CCCC2(C)C)c(N)cc1F. The number of halogens is 1. The van der Waals surface area contributed by atoms with Gasteiger partial charge in [0, 0.05) is 24.2 Å². The van der Waals surface area contributed by atoms with Gasteiger partial charge in [0.15, 0.2) is 11.6 Å². The van der Waals surface area contributed by atoms with Crippen molar-refractivity contribution in [3.63, 3.8) is 0 Å². The van der Waals surface area contributed by atoms with Gasteiger partial charge in [0.05, 0.1) is 18.5 Å². The number of ether oxygens (including phenoxy) is 1. The van der Waals surface area contributed by atoms with Crippen molar-refractivity contribution in [3.05, 3.63) is 17.9 Å². The number of nitrogens with two attached hydrogens (primary N) is 1. The number of nitrogens with zero attached hydrogens (tertiary/aromatic N) is 1. The van der Waals surface area contributed by atoms with Gasteiger partial charge in [0.1, 0.15) is 0 Å². The van der Waals surface area contributed by atoms with Crippen molar-refractivity contribution in [1.82, 2.24) is 0 Å². The van der Waals surface area contributed by atoms with Crippen molar-refractivity contribution < 1.29 is 9.13 Å². The Morgan fingerprint density at radius 2 is 2.12 bits per heavy atom. The Hall–Kier alpha value is -1.45. The lowest BCUT2D eigenvalue weighted by atomic mass is 10.0. The Morgan fingerprint density at radius 1 is 1.41 bits per heavy atom. The molecule has 3 nitrogen and oxygen atoms in total. The van der Waals surface area contributed by atoms with E-state index < -0.39 is 5.82 Å². The van der Waals surface area contributed by atoms with Gasteiger partial charge in [0.2, 0.25) is 0 Å². The Kier molecular flexibility index (Phi) is 2.89. The first-order chi connectivity index (χ1) is 7.95. The van der Waals surface area contributed by atoms with Crippen molar-refractivity contribution in [3.8, 4) is 5.75 Å². The van der Waals surface area contributed by atoms with E-state index in [9.17, 15) is 4.39 Å². The number of methoxy groups -OCH3 is 1. The van der Waals surface area contributed by atoms with E-state index in [1.54, 1.807) is 6.07 Å². The molecular formula is C13H19FN2O. The van der Waals surface area contributed by atoms with E-state index >= 15 is 0 Å². The topological polar surface area (TPSA) is 38.5 Å². The lowest BCUT2D eigenvalue weighted by molar-refractivity contribution is 0.386. The number of benzene rings is 1. The average Bonchev–Trinajstić information content (AvgIpc) is 2.59. The highest BCUT2D eigenvalue weighted by Gasteiger charge is 2.33. The second-order valence-electron chi connectivity index (χ2n) is 5.11. The Morgan fingerprint density at radius 3 is 2.65 bits per heavy atom. The molecule has 0 amide bonds. The predicted molar refractivity (Wildman–Crippen MR) is 68.0 cm³/mol. The number of nitrogen functional groups attached to an aromatic ring is 1. The third kappa shape index (κ3) is 2.04. The van der Waals surface area contributed by atoms with Gasteiger partial charge in [-0.05, 0) is 26.7 Å². The van der Waals surface area contributed by atoms with Gasteiger partial charge in [-0.2, -0.15) is 0 Å². The first kappa shape index (κ1) is 12.0. The molecule has 94 valence electrons. The molecule has 0 radical (unpaired) electrons. The van der Waals surface area contributed by atoms with Crippen LogP contribution in [0, 0.1) is 5.82 Å². The van der Waals surface area contributed by atoms with Crippen molar-refractivity contribution in [1.29, 1.82) is 0 Å². The molecule has 4 heteroatoms. The molecule has 0 spiro atoms. The smallest absolute Gasteiger partial charge is 0.167 e. The highest BCUT2D eigenvalue weighted by molar-refractivity contribution is 5.71. The predicted octanol–water partition coefficient (Wildman–Crippen LogP) is 2.80. The fourth-order valence-corrected chi connectivity index (χ4v) is 2.50. The molecule has 2 N–H and O–H groups in total. The second-order valence-corrected chi connectivity index (χ2v) is 5.11. The molecule has 1 aromatic rings. The zero-order valence-corrected chi connectivity index (χ0v) is 10.6. The van der Waals surface area contributed by atoms with Crippen LogP contribution in [0.4, 0.5) is 15.8 Å². The van der Waals surface area contributed by atoms with Gasteiger partial charge in [-0.1, -0.05) is 0 Å². The summed E-state index contributed by atoms with van der Waals surface area (Å²) in [5.74, 6) is -0.164. The first-order valence-electron chi connectivity index (χ1n) is 5.86. The number of hydrogen-bond acceptors (Lipinski definition) is 3. The second kappa shape index (κ2) is 4.09. The quantitative estimate of drug-likeness (QED) is 0.805. The summed E-state index contributed by atoms with van der Waals surface area (Å²) in [6.45, 7) is 5.30. The van der Waals surface area contributed by atoms with Crippen molar-refractivity contribution in [2.24, 2.45) is 0 Å². The zero-order valence-electron chi connectivity index (χ0n) is 10.6. The summed E-state index contributed by atoms with van der Waals surface area (Å²) >= 11 is 0. The Labute approximate surface area is 101 Å². The van der Waals surface area contributed by atoms with Crippen LogP contribution in [-0.4, -0.2) is 19.2 Å². The van der Waals surface area contributed by atoms with Crippen LogP contribution in [0.2, 0.25) is 0 Å². The molecule has 1 aliphatic heterocycles. The van der Waals surface area contributed by atoms with Crippen LogP contribution in [0.1, 0.15) is 26.7 Å².